The molecular weight excluding hydrogens is 254 g/mol. The number of ether oxygens (including phenoxy) is 2. The lowest BCUT2D eigenvalue weighted by Crippen LogP contribution is -2.09. The number of rotatable bonds is 8. The summed E-state index contributed by atoms with van der Waals surface area (Å²) in [4.78, 5) is 8.04. The van der Waals surface area contributed by atoms with Crippen LogP contribution in [0.2, 0.25) is 5.02 Å². The van der Waals surface area contributed by atoms with E-state index in [1.54, 1.807) is 0 Å². The zero-order valence-electron chi connectivity index (χ0n) is 10.5. The molecule has 0 aromatic carbocycles. The summed E-state index contributed by atoms with van der Waals surface area (Å²) in [5.41, 5.74) is 0. The van der Waals surface area contributed by atoms with Crippen LogP contribution in [0.1, 0.15) is 19.3 Å². The van der Waals surface area contributed by atoms with Gasteiger partial charge in [-0.25, -0.2) is 4.98 Å². The third kappa shape index (κ3) is 4.31. The molecule has 6 heteroatoms. The SMILES string of the molecule is COc1ncc(Cl)c(NCCCOCC2CC2)n1. The Morgan fingerprint density at radius 3 is 3.06 bits per heavy atom. The van der Waals surface area contributed by atoms with Crippen molar-refractivity contribution in [2.75, 3.05) is 32.2 Å². The van der Waals surface area contributed by atoms with Gasteiger partial charge >= 0.3 is 6.01 Å². The first-order valence-electron chi connectivity index (χ1n) is 6.17. The summed E-state index contributed by atoms with van der Waals surface area (Å²) in [6.07, 6.45) is 5.11. The van der Waals surface area contributed by atoms with E-state index in [-0.39, 0.29) is 0 Å². The molecule has 1 N–H and O–H groups in total. The van der Waals surface area contributed by atoms with Crippen LogP contribution < -0.4 is 10.1 Å². The Balaban J connectivity index is 1.65. The normalized spacial score (nSPS) is 14.6. The average Bonchev–Trinajstić information content (AvgIpc) is 3.19. The molecule has 0 radical (unpaired) electrons. The Labute approximate surface area is 112 Å². The Hall–Kier alpha value is -1.07. The minimum absolute atomic E-state index is 0.312. The van der Waals surface area contributed by atoms with Crippen molar-refractivity contribution in [3.05, 3.63) is 11.2 Å². The summed E-state index contributed by atoms with van der Waals surface area (Å²) in [6, 6.07) is 0.312. The van der Waals surface area contributed by atoms with Crippen LogP contribution in [0.25, 0.3) is 0 Å². The van der Waals surface area contributed by atoms with Crippen LogP contribution >= 0.6 is 11.6 Å². The summed E-state index contributed by atoms with van der Waals surface area (Å²) < 4.78 is 10.5. The minimum atomic E-state index is 0.312. The number of aromatic nitrogens is 2. The van der Waals surface area contributed by atoms with Crippen molar-refractivity contribution in [3.8, 4) is 6.01 Å². The van der Waals surface area contributed by atoms with Crippen LogP contribution in [-0.4, -0.2) is 36.8 Å². The predicted molar refractivity (Wildman–Crippen MR) is 70.2 cm³/mol. The van der Waals surface area contributed by atoms with E-state index in [2.05, 4.69) is 15.3 Å². The molecule has 1 aromatic heterocycles. The second-order valence-corrected chi connectivity index (χ2v) is 4.76. The minimum Gasteiger partial charge on any atom is -0.467 e. The molecule has 1 aliphatic rings. The summed E-state index contributed by atoms with van der Waals surface area (Å²) in [5.74, 6) is 1.42. The summed E-state index contributed by atoms with van der Waals surface area (Å²) in [6.45, 7) is 2.44. The van der Waals surface area contributed by atoms with Crippen LogP contribution in [0.3, 0.4) is 0 Å². The first-order valence-corrected chi connectivity index (χ1v) is 6.55. The van der Waals surface area contributed by atoms with Crippen molar-refractivity contribution >= 4 is 17.4 Å². The van der Waals surface area contributed by atoms with Crippen molar-refractivity contribution in [1.29, 1.82) is 0 Å². The van der Waals surface area contributed by atoms with Crippen molar-refractivity contribution in [2.45, 2.75) is 19.3 Å². The van der Waals surface area contributed by atoms with E-state index in [9.17, 15) is 0 Å². The fourth-order valence-corrected chi connectivity index (χ4v) is 1.65. The number of methoxy groups -OCH3 is 1. The fourth-order valence-electron chi connectivity index (χ4n) is 1.49. The number of nitrogens with zero attached hydrogens (tertiary/aromatic N) is 2. The summed E-state index contributed by atoms with van der Waals surface area (Å²) >= 11 is 5.97. The van der Waals surface area contributed by atoms with Gasteiger partial charge < -0.3 is 14.8 Å². The van der Waals surface area contributed by atoms with Crippen LogP contribution in [0.5, 0.6) is 6.01 Å². The highest BCUT2D eigenvalue weighted by Gasteiger charge is 2.20. The topological polar surface area (TPSA) is 56.3 Å². The van der Waals surface area contributed by atoms with E-state index < -0.39 is 0 Å². The van der Waals surface area contributed by atoms with Gasteiger partial charge in [0, 0.05) is 19.8 Å². The Kier molecular flexibility index (Phi) is 5.01. The number of hydrogen-bond donors (Lipinski definition) is 1. The molecule has 2 rings (SSSR count). The van der Waals surface area contributed by atoms with Crippen molar-refractivity contribution in [1.82, 2.24) is 9.97 Å². The lowest BCUT2D eigenvalue weighted by molar-refractivity contribution is 0.124. The van der Waals surface area contributed by atoms with E-state index >= 15 is 0 Å². The Bertz CT molecular complexity index is 386. The van der Waals surface area contributed by atoms with Crippen molar-refractivity contribution in [3.63, 3.8) is 0 Å². The summed E-state index contributed by atoms with van der Waals surface area (Å²) in [7, 11) is 1.53. The highest BCUT2D eigenvalue weighted by molar-refractivity contribution is 6.32. The van der Waals surface area contributed by atoms with Gasteiger partial charge in [-0.3, -0.25) is 0 Å². The molecule has 0 amide bonds. The molecule has 0 atom stereocenters. The number of hydrogen-bond acceptors (Lipinski definition) is 5. The maximum absolute atomic E-state index is 5.97. The third-order valence-electron chi connectivity index (χ3n) is 2.71. The highest BCUT2D eigenvalue weighted by atomic mass is 35.5. The monoisotopic (exact) mass is 271 g/mol. The molecule has 0 unspecified atom stereocenters. The van der Waals surface area contributed by atoms with Crippen LogP contribution in [0.4, 0.5) is 5.82 Å². The largest absolute Gasteiger partial charge is 0.467 e. The smallest absolute Gasteiger partial charge is 0.318 e. The quantitative estimate of drug-likeness (QED) is 0.736. The number of anilines is 1. The van der Waals surface area contributed by atoms with Gasteiger partial charge in [0.15, 0.2) is 5.82 Å². The molecular formula is C12H18ClN3O2. The lowest BCUT2D eigenvalue weighted by atomic mass is 10.4. The van der Waals surface area contributed by atoms with Gasteiger partial charge in [0.05, 0.1) is 13.3 Å². The number of halogens is 1. The van der Waals surface area contributed by atoms with Gasteiger partial charge in [-0.05, 0) is 25.2 Å². The zero-order valence-corrected chi connectivity index (χ0v) is 11.2. The Morgan fingerprint density at radius 1 is 1.50 bits per heavy atom. The first-order chi connectivity index (χ1) is 8.79. The van der Waals surface area contributed by atoms with E-state index in [0.29, 0.717) is 16.9 Å². The van der Waals surface area contributed by atoms with E-state index in [0.717, 1.165) is 32.1 Å². The number of nitrogens with one attached hydrogen (secondary N) is 1. The molecule has 5 nitrogen and oxygen atoms in total. The average molecular weight is 272 g/mol. The fraction of sp³-hybridized carbons (Fsp3) is 0.667. The molecule has 0 bridgehead atoms. The maximum atomic E-state index is 5.97. The highest BCUT2D eigenvalue weighted by Crippen LogP contribution is 2.28. The van der Waals surface area contributed by atoms with Gasteiger partial charge in [-0.2, -0.15) is 4.98 Å². The molecule has 1 aliphatic carbocycles. The molecule has 0 spiro atoms. The van der Waals surface area contributed by atoms with Crippen LogP contribution in [0, 0.1) is 5.92 Å². The maximum Gasteiger partial charge on any atom is 0.318 e. The van der Waals surface area contributed by atoms with Crippen molar-refractivity contribution < 1.29 is 9.47 Å². The van der Waals surface area contributed by atoms with Gasteiger partial charge in [0.2, 0.25) is 0 Å². The van der Waals surface area contributed by atoms with Crippen molar-refractivity contribution in [2.24, 2.45) is 5.92 Å². The zero-order chi connectivity index (χ0) is 12.8. The Morgan fingerprint density at radius 2 is 2.33 bits per heavy atom. The standard InChI is InChI=1S/C12H18ClN3O2/c1-17-12-15-7-10(13)11(16-12)14-5-2-6-18-8-9-3-4-9/h7,9H,2-6,8H2,1H3,(H,14,15,16). The molecule has 1 aromatic rings. The van der Waals surface area contributed by atoms with Gasteiger partial charge in [0.1, 0.15) is 5.02 Å². The molecule has 1 fully saturated rings. The van der Waals surface area contributed by atoms with E-state index in [1.807, 2.05) is 0 Å². The van der Waals surface area contributed by atoms with Crippen LogP contribution in [0.15, 0.2) is 6.20 Å². The van der Waals surface area contributed by atoms with Gasteiger partial charge in [-0.15, -0.1) is 0 Å². The van der Waals surface area contributed by atoms with E-state index in [4.69, 9.17) is 21.1 Å². The summed E-state index contributed by atoms with van der Waals surface area (Å²) in [5, 5.41) is 3.64. The van der Waals surface area contributed by atoms with Gasteiger partial charge in [-0.1, -0.05) is 11.6 Å². The molecule has 100 valence electrons. The lowest BCUT2D eigenvalue weighted by Gasteiger charge is -2.08. The van der Waals surface area contributed by atoms with E-state index in [1.165, 1.54) is 26.1 Å². The van der Waals surface area contributed by atoms with Crippen LogP contribution in [-0.2, 0) is 4.74 Å². The first kappa shape index (κ1) is 13.4. The molecule has 18 heavy (non-hydrogen) atoms. The molecule has 1 saturated carbocycles. The third-order valence-corrected chi connectivity index (χ3v) is 2.99. The predicted octanol–water partition coefficient (Wildman–Crippen LogP) is 2.37. The molecule has 0 saturated heterocycles. The second kappa shape index (κ2) is 6.75. The molecule has 0 aliphatic heterocycles. The van der Waals surface area contributed by atoms with Gasteiger partial charge in [0.25, 0.3) is 0 Å². The second-order valence-electron chi connectivity index (χ2n) is 4.35. The molecule has 1 heterocycles.